The molecule has 1 aromatic carbocycles. The first-order valence-electron chi connectivity index (χ1n) is 5.79. The number of nitrogens with zero attached hydrogens (tertiary/aromatic N) is 2. The Bertz CT molecular complexity index is 581. The van der Waals surface area contributed by atoms with Crippen LogP contribution in [0.25, 0.3) is 5.69 Å². The molecule has 0 radical (unpaired) electrons. The van der Waals surface area contributed by atoms with E-state index in [1.165, 1.54) is 11.8 Å². The van der Waals surface area contributed by atoms with Gasteiger partial charge in [0.15, 0.2) is 5.16 Å². The van der Waals surface area contributed by atoms with E-state index in [0.29, 0.717) is 5.16 Å². The Hall–Kier alpha value is -1.27. The molecule has 0 fully saturated rings. The van der Waals surface area contributed by atoms with E-state index in [0.717, 1.165) is 22.3 Å². The highest BCUT2D eigenvalue weighted by atomic mass is 79.9. The number of halogens is 1. The summed E-state index contributed by atoms with van der Waals surface area (Å²) in [5, 5.41) is 9.48. The average molecular weight is 341 g/mol. The van der Waals surface area contributed by atoms with E-state index in [4.69, 9.17) is 5.11 Å². The van der Waals surface area contributed by atoms with Gasteiger partial charge in [0, 0.05) is 22.1 Å². The molecule has 0 amide bonds. The van der Waals surface area contributed by atoms with Gasteiger partial charge in [0.2, 0.25) is 0 Å². The highest BCUT2D eigenvalue weighted by Gasteiger charge is 2.12. The van der Waals surface area contributed by atoms with Crippen molar-refractivity contribution in [3.8, 4) is 5.69 Å². The van der Waals surface area contributed by atoms with Gasteiger partial charge < -0.3 is 5.11 Å². The summed E-state index contributed by atoms with van der Waals surface area (Å²) in [4.78, 5) is 15.0. The van der Waals surface area contributed by atoms with Gasteiger partial charge >= 0.3 is 5.97 Å². The largest absolute Gasteiger partial charge is 0.481 e. The van der Waals surface area contributed by atoms with E-state index in [1.54, 1.807) is 6.20 Å². The normalized spacial score (nSPS) is 10.6. The van der Waals surface area contributed by atoms with Crippen LogP contribution in [0.3, 0.4) is 0 Å². The number of carboxylic acids is 1. The molecule has 0 bridgehead atoms. The summed E-state index contributed by atoms with van der Waals surface area (Å²) in [5.74, 6) is -0.829. The second-order valence-corrected chi connectivity index (χ2v) is 5.74. The maximum Gasteiger partial charge on any atom is 0.313 e. The Morgan fingerprint density at radius 3 is 2.68 bits per heavy atom. The third-order valence-corrected chi connectivity index (χ3v) is 4.04. The van der Waals surface area contributed by atoms with E-state index in [2.05, 4.69) is 27.8 Å². The summed E-state index contributed by atoms with van der Waals surface area (Å²) in [6, 6.07) is 7.88. The number of benzene rings is 1. The van der Waals surface area contributed by atoms with Crippen LogP contribution in [0.4, 0.5) is 0 Å². The number of aliphatic carboxylic acids is 1. The summed E-state index contributed by atoms with van der Waals surface area (Å²) in [5.41, 5.74) is 2.06. The van der Waals surface area contributed by atoms with Crippen molar-refractivity contribution < 1.29 is 9.90 Å². The van der Waals surface area contributed by atoms with E-state index < -0.39 is 5.97 Å². The van der Waals surface area contributed by atoms with E-state index in [1.807, 2.05) is 28.8 Å². The molecular formula is C13H13BrN2O2S. The van der Waals surface area contributed by atoms with Crippen molar-refractivity contribution in [2.75, 3.05) is 5.75 Å². The summed E-state index contributed by atoms with van der Waals surface area (Å²) < 4.78 is 3.01. The van der Waals surface area contributed by atoms with Crippen LogP contribution in [-0.4, -0.2) is 26.4 Å². The molecule has 1 aromatic heterocycles. The number of thioether (sulfide) groups is 1. The predicted octanol–water partition coefficient (Wildman–Crippen LogP) is 3.37. The zero-order chi connectivity index (χ0) is 13.8. The fraction of sp³-hybridized carbons (Fsp3) is 0.231. The van der Waals surface area contributed by atoms with Crippen molar-refractivity contribution in [3.63, 3.8) is 0 Å². The predicted molar refractivity (Wildman–Crippen MR) is 79.0 cm³/mol. The lowest BCUT2D eigenvalue weighted by molar-refractivity contribution is -0.133. The molecule has 0 aliphatic carbocycles. The number of hydrogen-bond acceptors (Lipinski definition) is 3. The maximum atomic E-state index is 10.7. The van der Waals surface area contributed by atoms with E-state index in [-0.39, 0.29) is 5.75 Å². The molecule has 100 valence electrons. The summed E-state index contributed by atoms with van der Waals surface area (Å²) in [7, 11) is 0. The molecule has 0 spiro atoms. The van der Waals surface area contributed by atoms with Gasteiger partial charge in [0.25, 0.3) is 0 Å². The zero-order valence-corrected chi connectivity index (χ0v) is 12.7. The van der Waals surface area contributed by atoms with Crippen LogP contribution < -0.4 is 0 Å². The molecule has 0 unspecified atom stereocenters. The van der Waals surface area contributed by atoms with Crippen molar-refractivity contribution in [2.45, 2.75) is 18.5 Å². The molecule has 0 atom stereocenters. The fourth-order valence-corrected chi connectivity index (χ4v) is 2.71. The van der Waals surface area contributed by atoms with Crippen LogP contribution in [-0.2, 0) is 11.2 Å². The number of carboxylic acid groups (broad SMARTS) is 1. The topological polar surface area (TPSA) is 55.1 Å². The van der Waals surface area contributed by atoms with Crippen LogP contribution in [0.15, 0.2) is 40.1 Å². The van der Waals surface area contributed by atoms with Gasteiger partial charge in [0.05, 0.1) is 5.75 Å². The molecule has 1 N–H and O–H groups in total. The van der Waals surface area contributed by atoms with Crippen molar-refractivity contribution in [1.82, 2.24) is 9.55 Å². The van der Waals surface area contributed by atoms with Gasteiger partial charge in [-0.25, -0.2) is 4.98 Å². The second-order valence-electron chi connectivity index (χ2n) is 3.88. The molecular weight excluding hydrogens is 328 g/mol. The van der Waals surface area contributed by atoms with Gasteiger partial charge in [-0.3, -0.25) is 9.36 Å². The van der Waals surface area contributed by atoms with Crippen molar-refractivity contribution in [3.05, 3.63) is 40.6 Å². The first kappa shape index (κ1) is 14.1. The van der Waals surface area contributed by atoms with Crippen LogP contribution in [0.2, 0.25) is 0 Å². The monoisotopic (exact) mass is 340 g/mol. The Labute approximate surface area is 124 Å². The second kappa shape index (κ2) is 6.25. The highest BCUT2D eigenvalue weighted by Crippen LogP contribution is 2.24. The smallest absolute Gasteiger partial charge is 0.313 e. The van der Waals surface area contributed by atoms with Gasteiger partial charge in [0.1, 0.15) is 0 Å². The summed E-state index contributed by atoms with van der Waals surface area (Å²) >= 11 is 4.64. The van der Waals surface area contributed by atoms with Crippen LogP contribution in [0.1, 0.15) is 12.6 Å². The van der Waals surface area contributed by atoms with Crippen molar-refractivity contribution in [2.24, 2.45) is 0 Å². The summed E-state index contributed by atoms with van der Waals surface area (Å²) in [6.07, 6.45) is 2.64. The van der Waals surface area contributed by atoms with Gasteiger partial charge in [-0.2, -0.15) is 0 Å². The number of rotatable bonds is 5. The lowest BCUT2D eigenvalue weighted by atomic mass is 10.3. The molecule has 0 saturated heterocycles. The van der Waals surface area contributed by atoms with Crippen LogP contribution in [0, 0.1) is 0 Å². The SMILES string of the molecule is CCc1cnc(SCC(=O)O)n1-c1ccc(Br)cc1. The molecule has 19 heavy (non-hydrogen) atoms. The fourth-order valence-electron chi connectivity index (χ4n) is 1.71. The van der Waals surface area contributed by atoms with Crippen molar-refractivity contribution in [1.29, 1.82) is 0 Å². The maximum absolute atomic E-state index is 10.7. The Balaban J connectivity index is 2.38. The summed E-state index contributed by atoms with van der Waals surface area (Å²) in [6.45, 7) is 2.05. The molecule has 0 aliphatic rings. The first-order valence-corrected chi connectivity index (χ1v) is 7.56. The Morgan fingerprint density at radius 1 is 1.42 bits per heavy atom. The average Bonchev–Trinajstić information content (AvgIpc) is 2.80. The number of hydrogen-bond donors (Lipinski definition) is 1. The van der Waals surface area contributed by atoms with Crippen LogP contribution in [0.5, 0.6) is 0 Å². The molecule has 0 saturated carbocycles. The number of carbonyl (C=O) groups is 1. The van der Waals surface area contributed by atoms with Gasteiger partial charge in [-0.1, -0.05) is 34.6 Å². The van der Waals surface area contributed by atoms with Gasteiger partial charge in [-0.05, 0) is 30.7 Å². The number of aryl methyl sites for hydroxylation is 1. The third kappa shape index (κ3) is 3.39. The zero-order valence-electron chi connectivity index (χ0n) is 10.3. The third-order valence-electron chi connectivity index (χ3n) is 2.57. The van der Waals surface area contributed by atoms with Crippen LogP contribution >= 0.6 is 27.7 Å². The molecule has 4 nitrogen and oxygen atoms in total. The van der Waals surface area contributed by atoms with Gasteiger partial charge in [-0.15, -0.1) is 0 Å². The number of aromatic nitrogens is 2. The minimum Gasteiger partial charge on any atom is -0.481 e. The van der Waals surface area contributed by atoms with E-state index in [9.17, 15) is 4.79 Å². The Kier molecular flexibility index (Phi) is 4.66. The van der Waals surface area contributed by atoms with E-state index >= 15 is 0 Å². The molecule has 0 aliphatic heterocycles. The molecule has 2 rings (SSSR count). The minimum absolute atomic E-state index is 0.0106. The van der Waals surface area contributed by atoms with Crippen molar-refractivity contribution >= 4 is 33.7 Å². The quantitative estimate of drug-likeness (QED) is 0.847. The minimum atomic E-state index is -0.839. The lowest BCUT2D eigenvalue weighted by Gasteiger charge is -2.10. The lowest BCUT2D eigenvalue weighted by Crippen LogP contribution is -2.04. The number of imidazole rings is 1. The molecule has 1 heterocycles. The highest BCUT2D eigenvalue weighted by molar-refractivity contribution is 9.10. The molecule has 6 heteroatoms. The first-order chi connectivity index (χ1) is 9.11. The Morgan fingerprint density at radius 2 is 2.11 bits per heavy atom. The molecule has 2 aromatic rings. The standard InChI is InChI=1S/C13H13BrN2O2S/c1-2-10-7-15-13(19-8-12(17)18)16(10)11-5-3-9(14)4-6-11/h3-7H,2,8H2,1H3,(H,17,18).